The molecular formula is C10H7ClN2O3. The van der Waals surface area contributed by atoms with E-state index in [2.05, 4.69) is 5.16 Å². The number of alkyl halides is 1. The lowest BCUT2D eigenvalue weighted by atomic mass is 10.1. The van der Waals surface area contributed by atoms with Crippen molar-refractivity contribution in [3.8, 4) is 11.3 Å². The molecule has 0 N–H and O–H groups in total. The van der Waals surface area contributed by atoms with E-state index >= 15 is 0 Å². The molecule has 1 aromatic heterocycles. The molecule has 0 bridgehead atoms. The Kier molecular flexibility index (Phi) is 2.87. The molecule has 5 nitrogen and oxygen atoms in total. The molecule has 1 aromatic carbocycles. The normalized spacial score (nSPS) is 10.3. The van der Waals surface area contributed by atoms with Gasteiger partial charge in [-0.05, 0) is 0 Å². The molecule has 0 aliphatic heterocycles. The van der Waals surface area contributed by atoms with Crippen LogP contribution in [0.3, 0.4) is 0 Å². The molecule has 0 fully saturated rings. The van der Waals surface area contributed by atoms with Gasteiger partial charge in [0.15, 0.2) is 5.76 Å². The first-order valence-corrected chi connectivity index (χ1v) is 5.00. The Morgan fingerprint density at radius 3 is 2.88 bits per heavy atom. The van der Waals surface area contributed by atoms with E-state index < -0.39 is 4.92 Å². The van der Waals surface area contributed by atoms with E-state index in [0.717, 1.165) is 0 Å². The van der Waals surface area contributed by atoms with Crippen LogP contribution in [0.15, 0.2) is 34.9 Å². The molecular weight excluding hydrogens is 232 g/mol. The summed E-state index contributed by atoms with van der Waals surface area (Å²) < 4.78 is 4.92. The summed E-state index contributed by atoms with van der Waals surface area (Å²) in [6.07, 6.45) is 0. The molecule has 0 saturated heterocycles. The summed E-state index contributed by atoms with van der Waals surface area (Å²) in [5, 5.41) is 14.4. The van der Waals surface area contributed by atoms with Gasteiger partial charge in [-0.3, -0.25) is 10.1 Å². The van der Waals surface area contributed by atoms with Crippen LogP contribution >= 0.6 is 11.6 Å². The molecule has 0 atom stereocenters. The number of hydrogen-bond donors (Lipinski definition) is 0. The maximum atomic E-state index is 10.6. The van der Waals surface area contributed by atoms with Gasteiger partial charge in [0.25, 0.3) is 5.69 Å². The number of aromatic nitrogens is 1. The quantitative estimate of drug-likeness (QED) is 0.468. The van der Waals surface area contributed by atoms with Crippen molar-refractivity contribution < 1.29 is 9.45 Å². The van der Waals surface area contributed by atoms with E-state index in [4.69, 9.17) is 16.1 Å². The molecule has 2 rings (SSSR count). The van der Waals surface area contributed by atoms with Gasteiger partial charge in [0.05, 0.1) is 10.8 Å². The highest BCUT2D eigenvalue weighted by Gasteiger charge is 2.10. The molecule has 0 spiro atoms. The average Bonchev–Trinajstić information content (AvgIpc) is 2.77. The molecule has 0 saturated carbocycles. The molecule has 0 aliphatic rings. The lowest BCUT2D eigenvalue weighted by molar-refractivity contribution is -0.384. The zero-order valence-electron chi connectivity index (χ0n) is 8.09. The highest BCUT2D eigenvalue weighted by Crippen LogP contribution is 2.23. The molecule has 16 heavy (non-hydrogen) atoms. The zero-order chi connectivity index (χ0) is 11.5. The first-order chi connectivity index (χ1) is 7.70. The van der Waals surface area contributed by atoms with Crippen molar-refractivity contribution in [3.05, 3.63) is 46.2 Å². The van der Waals surface area contributed by atoms with Crippen LogP contribution in [0.4, 0.5) is 5.69 Å². The number of rotatable bonds is 3. The van der Waals surface area contributed by atoms with Crippen LogP contribution in [0.5, 0.6) is 0 Å². The minimum Gasteiger partial charge on any atom is -0.359 e. The fraction of sp³-hybridized carbons (Fsp3) is 0.100. The number of nitro groups is 1. The van der Waals surface area contributed by atoms with Crippen molar-refractivity contribution in [1.82, 2.24) is 5.16 Å². The molecule has 1 heterocycles. The van der Waals surface area contributed by atoms with Crippen molar-refractivity contribution in [2.75, 3.05) is 0 Å². The Balaban J connectivity index is 2.40. The van der Waals surface area contributed by atoms with Crippen molar-refractivity contribution in [1.29, 1.82) is 0 Å². The Bertz CT molecular complexity index is 524. The first-order valence-electron chi connectivity index (χ1n) is 4.47. The molecule has 6 heteroatoms. The number of halogens is 1. The van der Waals surface area contributed by atoms with Crippen LogP contribution in [-0.2, 0) is 5.88 Å². The minimum absolute atomic E-state index is 0.0212. The van der Waals surface area contributed by atoms with Crippen molar-refractivity contribution in [3.63, 3.8) is 0 Å². The van der Waals surface area contributed by atoms with Gasteiger partial charge in [0.2, 0.25) is 0 Å². The second-order valence-electron chi connectivity index (χ2n) is 3.12. The third-order valence-corrected chi connectivity index (χ3v) is 2.31. The predicted octanol–water partition coefficient (Wildman–Crippen LogP) is 2.99. The van der Waals surface area contributed by atoms with E-state index in [1.165, 1.54) is 12.1 Å². The minimum atomic E-state index is -0.452. The standard InChI is InChI=1S/C10H7ClN2O3/c11-6-9-5-10(12-16-9)7-2-1-3-8(4-7)13(14)15/h1-5H,6H2. The fourth-order valence-electron chi connectivity index (χ4n) is 1.29. The van der Waals surface area contributed by atoms with Gasteiger partial charge in [-0.15, -0.1) is 11.6 Å². The van der Waals surface area contributed by atoms with Gasteiger partial charge in [0, 0.05) is 23.8 Å². The number of nitro benzene ring substituents is 1. The summed E-state index contributed by atoms with van der Waals surface area (Å²) in [7, 11) is 0. The Morgan fingerprint density at radius 1 is 1.44 bits per heavy atom. The molecule has 0 amide bonds. The largest absolute Gasteiger partial charge is 0.359 e. The Labute approximate surface area is 95.8 Å². The first kappa shape index (κ1) is 10.6. The summed E-state index contributed by atoms with van der Waals surface area (Å²) in [6.45, 7) is 0. The number of hydrogen-bond acceptors (Lipinski definition) is 4. The van der Waals surface area contributed by atoms with E-state index in [1.54, 1.807) is 18.2 Å². The van der Waals surface area contributed by atoms with Crippen LogP contribution in [0.1, 0.15) is 5.76 Å². The van der Waals surface area contributed by atoms with Crippen LogP contribution in [0.25, 0.3) is 11.3 Å². The van der Waals surface area contributed by atoms with Crippen LogP contribution < -0.4 is 0 Å². The van der Waals surface area contributed by atoms with Gasteiger partial charge in [0.1, 0.15) is 5.69 Å². The summed E-state index contributed by atoms with van der Waals surface area (Å²) in [5.41, 5.74) is 1.20. The van der Waals surface area contributed by atoms with E-state index in [0.29, 0.717) is 17.0 Å². The topological polar surface area (TPSA) is 69.2 Å². The zero-order valence-corrected chi connectivity index (χ0v) is 8.85. The van der Waals surface area contributed by atoms with E-state index in [9.17, 15) is 10.1 Å². The van der Waals surface area contributed by atoms with Crippen molar-refractivity contribution in [2.45, 2.75) is 5.88 Å². The summed E-state index contributed by atoms with van der Waals surface area (Å²) in [6, 6.07) is 7.85. The summed E-state index contributed by atoms with van der Waals surface area (Å²) >= 11 is 5.57. The molecule has 2 aromatic rings. The van der Waals surface area contributed by atoms with Gasteiger partial charge < -0.3 is 4.52 Å². The van der Waals surface area contributed by atoms with Crippen LogP contribution in [-0.4, -0.2) is 10.1 Å². The number of benzene rings is 1. The molecule has 0 aliphatic carbocycles. The fourth-order valence-corrected chi connectivity index (χ4v) is 1.42. The van der Waals surface area contributed by atoms with E-state index in [-0.39, 0.29) is 11.6 Å². The van der Waals surface area contributed by atoms with Crippen molar-refractivity contribution >= 4 is 17.3 Å². The van der Waals surface area contributed by atoms with Gasteiger partial charge >= 0.3 is 0 Å². The molecule has 0 radical (unpaired) electrons. The maximum Gasteiger partial charge on any atom is 0.270 e. The van der Waals surface area contributed by atoms with Gasteiger partial charge in [-0.25, -0.2) is 0 Å². The summed E-state index contributed by atoms with van der Waals surface area (Å²) in [4.78, 5) is 10.1. The third-order valence-electron chi connectivity index (χ3n) is 2.04. The second kappa shape index (κ2) is 4.32. The molecule has 0 unspecified atom stereocenters. The van der Waals surface area contributed by atoms with Gasteiger partial charge in [-0.1, -0.05) is 17.3 Å². The lowest BCUT2D eigenvalue weighted by Gasteiger charge is -1.94. The highest BCUT2D eigenvalue weighted by molar-refractivity contribution is 6.16. The molecule has 82 valence electrons. The lowest BCUT2D eigenvalue weighted by Crippen LogP contribution is -1.87. The second-order valence-corrected chi connectivity index (χ2v) is 3.39. The van der Waals surface area contributed by atoms with Gasteiger partial charge in [-0.2, -0.15) is 0 Å². The third kappa shape index (κ3) is 2.04. The predicted molar refractivity (Wildman–Crippen MR) is 58.2 cm³/mol. The maximum absolute atomic E-state index is 10.6. The smallest absolute Gasteiger partial charge is 0.270 e. The highest BCUT2D eigenvalue weighted by atomic mass is 35.5. The number of nitrogens with zero attached hydrogens (tertiary/aromatic N) is 2. The van der Waals surface area contributed by atoms with Crippen LogP contribution in [0, 0.1) is 10.1 Å². The number of non-ortho nitro benzene ring substituents is 1. The Hall–Kier alpha value is -1.88. The Morgan fingerprint density at radius 2 is 2.25 bits per heavy atom. The SMILES string of the molecule is O=[N+]([O-])c1cccc(-c2cc(CCl)on2)c1. The summed E-state index contributed by atoms with van der Waals surface area (Å²) in [5.74, 6) is 0.755. The van der Waals surface area contributed by atoms with E-state index in [1.807, 2.05) is 0 Å². The van der Waals surface area contributed by atoms with Crippen molar-refractivity contribution in [2.24, 2.45) is 0 Å². The van der Waals surface area contributed by atoms with Crippen LogP contribution in [0.2, 0.25) is 0 Å². The average molecular weight is 239 g/mol. The monoisotopic (exact) mass is 238 g/mol.